The number of benzene rings is 2. The fourth-order valence-electron chi connectivity index (χ4n) is 3.95. The fraction of sp³-hybridized carbons (Fsp3) is 0.304. The van der Waals surface area contributed by atoms with Crippen molar-refractivity contribution < 1.29 is 4.74 Å². The van der Waals surface area contributed by atoms with Crippen LogP contribution in [0.2, 0.25) is 0 Å². The summed E-state index contributed by atoms with van der Waals surface area (Å²) in [6.45, 7) is 5.04. The molecule has 2 aromatic carbocycles. The van der Waals surface area contributed by atoms with Gasteiger partial charge >= 0.3 is 0 Å². The summed E-state index contributed by atoms with van der Waals surface area (Å²) >= 11 is 7.37. The molecule has 28 heavy (non-hydrogen) atoms. The van der Waals surface area contributed by atoms with E-state index in [1.165, 1.54) is 62.2 Å². The molecule has 0 N–H and O–H groups in total. The van der Waals surface area contributed by atoms with E-state index in [4.69, 9.17) is 4.74 Å². The molecule has 1 saturated heterocycles. The van der Waals surface area contributed by atoms with Crippen LogP contribution in [-0.2, 0) is 11.3 Å². The highest BCUT2D eigenvalue weighted by molar-refractivity contribution is 9.10. The normalized spacial score (nSPS) is 15.8. The van der Waals surface area contributed by atoms with Crippen molar-refractivity contribution in [2.45, 2.75) is 29.2 Å². The predicted octanol–water partition coefficient (Wildman–Crippen LogP) is 6.92. The summed E-state index contributed by atoms with van der Waals surface area (Å²) in [4.78, 5) is 7.80. The molecule has 3 heterocycles. The van der Waals surface area contributed by atoms with E-state index in [1.54, 1.807) is 0 Å². The Kier molecular flexibility index (Phi) is 5.62. The third-order valence-electron chi connectivity index (χ3n) is 5.36. The number of ether oxygens (including phenoxy) is 1. The van der Waals surface area contributed by atoms with Crippen molar-refractivity contribution in [1.29, 1.82) is 0 Å². The number of likely N-dealkylation sites (tertiary alicyclic amines) is 1. The molecule has 0 unspecified atom stereocenters. The lowest BCUT2D eigenvalue weighted by Gasteiger charge is -2.13. The van der Waals surface area contributed by atoms with E-state index in [0.29, 0.717) is 6.61 Å². The van der Waals surface area contributed by atoms with Crippen molar-refractivity contribution in [2.75, 3.05) is 26.2 Å². The van der Waals surface area contributed by atoms with Crippen molar-refractivity contribution in [1.82, 2.24) is 4.90 Å². The molecule has 0 atom stereocenters. The highest BCUT2D eigenvalue weighted by atomic mass is 79.9. The van der Waals surface area contributed by atoms with Crippen LogP contribution in [0.5, 0.6) is 0 Å². The molecular formula is C23H22BrNOS2. The summed E-state index contributed by atoms with van der Waals surface area (Å²) in [6.07, 6.45) is 2.68. The average molecular weight is 472 g/mol. The van der Waals surface area contributed by atoms with Gasteiger partial charge in [0.05, 0.1) is 13.2 Å². The van der Waals surface area contributed by atoms with Crippen LogP contribution in [0, 0.1) is 0 Å². The number of hydrogen-bond donors (Lipinski definition) is 0. The van der Waals surface area contributed by atoms with Crippen LogP contribution in [0.1, 0.15) is 17.7 Å². The third kappa shape index (κ3) is 3.83. The first-order chi connectivity index (χ1) is 13.8. The standard InChI is InChI=1S/C23H22BrNOS2/c24-16-7-8-19-22(13-16)28-21-6-2-1-5-18(21)20-14-17(27-23(19)20)15-26-12-11-25-9-3-4-10-25/h1-2,5-8,13-14H,3-4,9-12,15H2. The van der Waals surface area contributed by atoms with Gasteiger partial charge < -0.3 is 9.64 Å². The fourth-order valence-corrected chi connectivity index (χ4v) is 6.81. The Bertz CT molecular complexity index is 994. The first kappa shape index (κ1) is 18.9. The summed E-state index contributed by atoms with van der Waals surface area (Å²) in [5.74, 6) is 0. The van der Waals surface area contributed by atoms with Crippen LogP contribution >= 0.6 is 39.0 Å². The molecule has 5 heteroatoms. The van der Waals surface area contributed by atoms with Crippen molar-refractivity contribution in [2.24, 2.45) is 0 Å². The first-order valence-electron chi connectivity index (χ1n) is 9.78. The predicted molar refractivity (Wildman–Crippen MR) is 122 cm³/mol. The molecule has 0 saturated carbocycles. The summed E-state index contributed by atoms with van der Waals surface area (Å²) < 4.78 is 7.17. The second-order valence-corrected chi connectivity index (χ2v) is 10.4. The van der Waals surface area contributed by atoms with Gasteiger partial charge in [0.2, 0.25) is 0 Å². The highest BCUT2D eigenvalue weighted by Gasteiger charge is 2.22. The molecule has 1 aromatic heterocycles. The Morgan fingerprint density at radius 2 is 1.79 bits per heavy atom. The van der Waals surface area contributed by atoms with Crippen LogP contribution in [0.3, 0.4) is 0 Å². The molecule has 144 valence electrons. The number of fused-ring (bicyclic) bond motifs is 5. The Morgan fingerprint density at radius 3 is 2.68 bits per heavy atom. The highest BCUT2D eigenvalue weighted by Crippen LogP contribution is 2.51. The molecule has 0 aliphatic carbocycles. The van der Waals surface area contributed by atoms with Gasteiger partial charge in [-0.2, -0.15) is 0 Å². The van der Waals surface area contributed by atoms with Gasteiger partial charge in [0, 0.05) is 41.7 Å². The second-order valence-electron chi connectivity index (χ2n) is 7.30. The van der Waals surface area contributed by atoms with Crippen molar-refractivity contribution in [3.8, 4) is 21.6 Å². The number of hydrogen-bond acceptors (Lipinski definition) is 4. The molecule has 5 rings (SSSR count). The van der Waals surface area contributed by atoms with E-state index in [-0.39, 0.29) is 0 Å². The maximum absolute atomic E-state index is 6.04. The van der Waals surface area contributed by atoms with Gasteiger partial charge in [-0.15, -0.1) is 11.3 Å². The number of rotatable bonds is 5. The van der Waals surface area contributed by atoms with Crippen molar-refractivity contribution in [3.63, 3.8) is 0 Å². The maximum Gasteiger partial charge on any atom is 0.0810 e. The monoisotopic (exact) mass is 471 g/mol. The van der Waals surface area contributed by atoms with Gasteiger partial charge in [-0.05, 0) is 55.8 Å². The lowest BCUT2D eigenvalue weighted by atomic mass is 10.0. The van der Waals surface area contributed by atoms with E-state index in [9.17, 15) is 0 Å². The van der Waals surface area contributed by atoms with E-state index < -0.39 is 0 Å². The Hall–Kier alpha value is -1.11. The molecule has 0 bridgehead atoms. The molecule has 2 aliphatic rings. The van der Waals surface area contributed by atoms with Crippen LogP contribution in [0.25, 0.3) is 21.6 Å². The number of nitrogens with zero attached hydrogens (tertiary/aromatic N) is 1. The van der Waals surface area contributed by atoms with Gasteiger partial charge in [0.25, 0.3) is 0 Å². The molecule has 1 fully saturated rings. The third-order valence-corrected chi connectivity index (χ3v) is 8.13. The zero-order valence-corrected chi connectivity index (χ0v) is 18.8. The van der Waals surface area contributed by atoms with E-state index in [0.717, 1.165) is 17.6 Å². The maximum atomic E-state index is 6.04. The van der Waals surface area contributed by atoms with Gasteiger partial charge in [-0.25, -0.2) is 0 Å². The molecule has 0 radical (unpaired) electrons. The molecule has 2 nitrogen and oxygen atoms in total. The number of thiophene rings is 1. The Labute approximate surface area is 183 Å². The number of halogens is 1. The van der Waals surface area contributed by atoms with Gasteiger partial charge in [0.15, 0.2) is 0 Å². The SMILES string of the molecule is Brc1ccc2c(c1)Sc1ccccc1-c1cc(COCCN3CCCC3)sc1-2. The summed E-state index contributed by atoms with van der Waals surface area (Å²) in [6, 6.07) is 17.7. The summed E-state index contributed by atoms with van der Waals surface area (Å²) in [7, 11) is 0. The molecule has 0 spiro atoms. The summed E-state index contributed by atoms with van der Waals surface area (Å²) in [5.41, 5.74) is 3.99. The first-order valence-corrected chi connectivity index (χ1v) is 12.2. The van der Waals surface area contributed by atoms with Crippen molar-refractivity contribution in [3.05, 3.63) is 57.9 Å². The topological polar surface area (TPSA) is 12.5 Å². The smallest absolute Gasteiger partial charge is 0.0810 e. The minimum atomic E-state index is 0.701. The van der Waals surface area contributed by atoms with E-state index in [1.807, 2.05) is 23.1 Å². The van der Waals surface area contributed by atoms with E-state index >= 15 is 0 Å². The van der Waals surface area contributed by atoms with Crippen LogP contribution in [-0.4, -0.2) is 31.1 Å². The van der Waals surface area contributed by atoms with E-state index in [2.05, 4.69) is 69.4 Å². The lowest BCUT2D eigenvalue weighted by molar-refractivity contribution is 0.101. The Morgan fingerprint density at radius 1 is 0.929 bits per heavy atom. The molecule has 3 aromatic rings. The van der Waals surface area contributed by atoms with Gasteiger partial charge in [-0.3, -0.25) is 0 Å². The quantitative estimate of drug-likeness (QED) is 0.293. The molecule has 0 amide bonds. The zero-order valence-electron chi connectivity index (χ0n) is 15.6. The Balaban J connectivity index is 1.42. The van der Waals surface area contributed by atoms with Gasteiger partial charge in [0.1, 0.15) is 0 Å². The van der Waals surface area contributed by atoms with Crippen molar-refractivity contribution >= 4 is 39.0 Å². The van der Waals surface area contributed by atoms with Crippen LogP contribution in [0.15, 0.2) is 62.8 Å². The van der Waals surface area contributed by atoms with Crippen LogP contribution < -0.4 is 0 Å². The largest absolute Gasteiger partial charge is 0.375 e. The minimum Gasteiger partial charge on any atom is -0.375 e. The average Bonchev–Trinajstić information content (AvgIpc) is 3.34. The molecule has 2 aliphatic heterocycles. The summed E-state index contributed by atoms with van der Waals surface area (Å²) in [5, 5.41) is 0. The lowest BCUT2D eigenvalue weighted by Crippen LogP contribution is -2.23. The van der Waals surface area contributed by atoms with Gasteiger partial charge in [-0.1, -0.05) is 52.0 Å². The van der Waals surface area contributed by atoms with Crippen LogP contribution in [0.4, 0.5) is 0 Å². The second kappa shape index (κ2) is 8.33. The zero-order chi connectivity index (χ0) is 18.9. The molecular weight excluding hydrogens is 450 g/mol. The minimum absolute atomic E-state index is 0.701.